The smallest absolute Gasteiger partial charge is 0.130 e. The lowest BCUT2D eigenvalue weighted by Gasteiger charge is -2.27. The van der Waals surface area contributed by atoms with Crippen molar-refractivity contribution in [2.75, 3.05) is 7.11 Å². The Balaban J connectivity index is 1.75. The van der Waals surface area contributed by atoms with Gasteiger partial charge in [0, 0.05) is 11.1 Å². The first kappa shape index (κ1) is 14.9. The fourth-order valence-electron chi connectivity index (χ4n) is 3.30. The summed E-state index contributed by atoms with van der Waals surface area (Å²) in [5.41, 5.74) is 1.35. The molecular formula is C20H16F2O2. The number of methoxy groups -OCH3 is 1. The summed E-state index contributed by atoms with van der Waals surface area (Å²) in [6.45, 7) is 0. The van der Waals surface area contributed by atoms with Gasteiger partial charge in [-0.05, 0) is 60.0 Å². The van der Waals surface area contributed by atoms with Crippen LogP contribution in [0.2, 0.25) is 0 Å². The van der Waals surface area contributed by atoms with E-state index in [2.05, 4.69) is 0 Å². The number of benzene rings is 3. The molecular weight excluding hydrogens is 310 g/mol. The third-order valence-electron chi connectivity index (χ3n) is 4.53. The third-order valence-corrected chi connectivity index (χ3v) is 4.53. The number of hydrogen-bond donors (Lipinski definition) is 0. The Bertz CT molecular complexity index is 921. The van der Waals surface area contributed by atoms with Crippen LogP contribution in [-0.2, 0) is 6.42 Å². The molecule has 1 heterocycles. The first-order valence-corrected chi connectivity index (χ1v) is 7.87. The minimum atomic E-state index is -0.476. The predicted octanol–water partition coefficient (Wildman–Crippen LogP) is 5.19. The molecule has 24 heavy (non-hydrogen) atoms. The molecule has 0 saturated carbocycles. The molecule has 3 aromatic carbocycles. The predicted molar refractivity (Wildman–Crippen MR) is 88.5 cm³/mol. The first-order valence-electron chi connectivity index (χ1n) is 7.87. The molecule has 2 nitrogen and oxygen atoms in total. The van der Waals surface area contributed by atoms with Gasteiger partial charge in [-0.15, -0.1) is 0 Å². The molecule has 4 rings (SSSR count). The summed E-state index contributed by atoms with van der Waals surface area (Å²) in [5.74, 6) is 0.612. The van der Waals surface area contributed by atoms with Gasteiger partial charge in [-0.25, -0.2) is 8.78 Å². The normalized spacial score (nSPS) is 16.5. The number of fused-ring (bicyclic) bond motifs is 3. The fraction of sp³-hybridized carbons (Fsp3) is 0.200. The van der Waals surface area contributed by atoms with E-state index in [0.717, 1.165) is 46.4 Å². The van der Waals surface area contributed by atoms with E-state index in [1.165, 1.54) is 6.07 Å². The van der Waals surface area contributed by atoms with Crippen molar-refractivity contribution in [2.45, 2.75) is 18.9 Å². The summed E-state index contributed by atoms with van der Waals surface area (Å²) < 4.78 is 38.8. The van der Waals surface area contributed by atoms with Gasteiger partial charge in [0.25, 0.3) is 0 Å². The lowest BCUT2D eigenvalue weighted by molar-refractivity contribution is 0.172. The molecule has 0 N–H and O–H groups in total. The number of aryl methyl sites for hydroxylation is 1. The maximum Gasteiger partial charge on any atom is 0.130 e. The summed E-state index contributed by atoms with van der Waals surface area (Å²) in [5, 5.41) is 2.18. The molecule has 1 atom stereocenters. The largest absolute Gasteiger partial charge is 0.497 e. The van der Waals surface area contributed by atoms with E-state index in [4.69, 9.17) is 9.47 Å². The van der Waals surface area contributed by atoms with Gasteiger partial charge in [-0.3, -0.25) is 0 Å². The molecule has 3 aromatic rings. The Morgan fingerprint density at radius 2 is 1.88 bits per heavy atom. The number of rotatable bonds is 2. The zero-order valence-corrected chi connectivity index (χ0v) is 13.2. The minimum absolute atomic E-state index is 0.270. The monoisotopic (exact) mass is 326 g/mol. The summed E-state index contributed by atoms with van der Waals surface area (Å²) >= 11 is 0. The molecule has 0 amide bonds. The second-order valence-electron chi connectivity index (χ2n) is 5.94. The Morgan fingerprint density at radius 3 is 2.71 bits per heavy atom. The second kappa shape index (κ2) is 5.78. The van der Waals surface area contributed by atoms with Gasteiger partial charge in [-0.1, -0.05) is 12.1 Å². The van der Waals surface area contributed by atoms with E-state index < -0.39 is 17.7 Å². The summed E-state index contributed by atoms with van der Waals surface area (Å²) in [7, 11) is 1.63. The van der Waals surface area contributed by atoms with Crippen molar-refractivity contribution in [2.24, 2.45) is 0 Å². The summed E-state index contributed by atoms with van der Waals surface area (Å²) in [4.78, 5) is 0. The van der Waals surface area contributed by atoms with Gasteiger partial charge in [0.15, 0.2) is 0 Å². The molecule has 0 aliphatic carbocycles. The van der Waals surface area contributed by atoms with Gasteiger partial charge in [0.1, 0.15) is 29.2 Å². The zero-order valence-electron chi connectivity index (χ0n) is 13.2. The topological polar surface area (TPSA) is 18.5 Å². The highest BCUT2D eigenvalue weighted by molar-refractivity contribution is 5.89. The summed E-state index contributed by atoms with van der Waals surface area (Å²) in [6, 6.07) is 13.3. The Morgan fingerprint density at radius 1 is 1.04 bits per heavy atom. The van der Waals surface area contributed by atoms with Crippen molar-refractivity contribution >= 4 is 10.8 Å². The maximum atomic E-state index is 14.0. The molecule has 122 valence electrons. The van der Waals surface area contributed by atoms with E-state index in [1.54, 1.807) is 7.11 Å². The van der Waals surface area contributed by atoms with Crippen LogP contribution in [0.3, 0.4) is 0 Å². The van der Waals surface area contributed by atoms with Crippen LogP contribution < -0.4 is 9.47 Å². The first-order chi connectivity index (χ1) is 11.7. The minimum Gasteiger partial charge on any atom is -0.497 e. The van der Waals surface area contributed by atoms with Gasteiger partial charge >= 0.3 is 0 Å². The van der Waals surface area contributed by atoms with Gasteiger partial charge < -0.3 is 9.47 Å². The molecule has 0 fully saturated rings. The molecule has 1 unspecified atom stereocenters. The molecule has 0 saturated heterocycles. The van der Waals surface area contributed by atoms with E-state index in [0.29, 0.717) is 6.42 Å². The highest BCUT2D eigenvalue weighted by Crippen LogP contribution is 2.40. The average Bonchev–Trinajstić information content (AvgIpc) is 2.62. The Hall–Kier alpha value is -2.62. The molecule has 1 aliphatic rings. The fourth-order valence-corrected chi connectivity index (χ4v) is 3.30. The number of ether oxygens (including phenoxy) is 2. The van der Waals surface area contributed by atoms with Crippen LogP contribution in [0.1, 0.15) is 23.7 Å². The Kier molecular flexibility index (Phi) is 3.60. The molecule has 0 spiro atoms. The highest BCUT2D eigenvalue weighted by Gasteiger charge is 2.25. The van der Waals surface area contributed by atoms with Crippen molar-refractivity contribution < 1.29 is 18.3 Å². The van der Waals surface area contributed by atoms with Gasteiger partial charge in [0.2, 0.25) is 0 Å². The number of hydrogen-bond acceptors (Lipinski definition) is 2. The standard InChI is InChI=1S/C20H16F2O2/c1-23-14-5-2-12-3-8-19-15(16(12)11-14)6-9-20(24-19)17-10-13(21)4-7-18(17)22/h2-5,7-8,10-11,20H,6,9H2,1H3. The number of halogens is 2. The molecule has 0 radical (unpaired) electrons. The van der Waals surface area contributed by atoms with Crippen LogP contribution in [0.5, 0.6) is 11.5 Å². The maximum absolute atomic E-state index is 14.0. The lowest BCUT2D eigenvalue weighted by Crippen LogP contribution is -2.17. The molecule has 0 bridgehead atoms. The van der Waals surface area contributed by atoms with Crippen molar-refractivity contribution in [1.29, 1.82) is 0 Å². The Labute approximate surface area is 138 Å². The van der Waals surface area contributed by atoms with Crippen molar-refractivity contribution in [3.05, 3.63) is 71.3 Å². The van der Waals surface area contributed by atoms with Crippen molar-refractivity contribution in [3.8, 4) is 11.5 Å². The van der Waals surface area contributed by atoms with Crippen LogP contribution in [0, 0.1) is 11.6 Å². The van der Waals surface area contributed by atoms with Crippen molar-refractivity contribution in [3.63, 3.8) is 0 Å². The van der Waals surface area contributed by atoms with Crippen LogP contribution in [0.15, 0.2) is 48.5 Å². The van der Waals surface area contributed by atoms with Crippen LogP contribution in [0.4, 0.5) is 8.78 Å². The van der Waals surface area contributed by atoms with Crippen LogP contribution in [0.25, 0.3) is 10.8 Å². The summed E-state index contributed by atoms with van der Waals surface area (Å²) in [6.07, 6.45) is 0.862. The SMILES string of the molecule is COc1ccc2ccc3c(c2c1)CCC(c1cc(F)ccc1F)O3. The van der Waals surface area contributed by atoms with Crippen LogP contribution in [-0.4, -0.2) is 7.11 Å². The van der Waals surface area contributed by atoms with E-state index >= 15 is 0 Å². The lowest BCUT2D eigenvalue weighted by atomic mass is 9.93. The van der Waals surface area contributed by atoms with Crippen LogP contribution >= 0.6 is 0 Å². The average molecular weight is 326 g/mol. The van der Waals surface area contributed by atoms with Crippen molar-refractivity contribution in [1.82, 2.24) is 0 Å². The molecule has 0 aromatic heterocycles. The second-order valence-corrected chi connectivity index (χ2v) is 5.94. The van der Waals surface area contributed by atoms with E-state index in [1.807, 2.05) is 30.3 Å². The molecule has 4 heteroatoms. The third kappa shape index (κ3) is 2.48. The van der Waals surface area contributed by atoms with Gasteiger partial charge in [-0.2, -0.15) is 0 Å². The zero-order chi connectivity index (χ0) is 16.7. The van der Waals surface area contributed by atoms with E-state index in [-0.39, 0.29) is 5.56 Å². The quantitative estimate of drug-likeness (QED) is 0.645. The van der Waals surface area contributed by atoms with E-state index in [9.17, 15) is 8.78 Å². The van der Waals surface area contributed by atoms with Gasteiger partial charge in [0.05, 0.1) is 7.11 Å². The highest BCUT2D eigenvalue weighted by atomic mass is 19.1. The molecule has 1 aliphatic heterocycles.